The third-order valence-electron chi connectivity index (χ3n) is 3.82. The van der Waals surface area contributed by atoms with Crippen molar-refractivity contribution in [3.63, 3.8) is 0 Å². The van der Waals surface area contributed by atoms with Crippen LogP contribution in [-0.4, -0.2) is 13.2 Å². The zero-order valence-electron chi connectivity index (χ0n) is 11.4. The maximum absolute atomic E-state index is 10.1. The highest BCUT2D eigenvalue weighted by Crippen LogP contribution is 2.39. The van der Waals surface area contributed by atoms with Gasteiger partial charge in [0.2, 0.25) is 0 Å². The van der Waals surface area contributed by atoms with Crippen LogP contribution < -0.4 is 5.19 Å². The van der Waals surface area contributed by atoms with Gasteiger partial charge in [-0.05, 0) is 35.7 Å². The average molecular weight is 250 g/mol. The van der Waals surface area contributed by atoms with Gasteiger partial charge in [-0.3, -0.25) is 0 Å². The largest absolute Gasteiger partial charge is 0.508 e. The van der Waals surface area contributed by atoms with Crippen molar-refractivity contribution in [3.8, 4) is 5.75 Å². The molecule has 0 saturated heterocycles. The molecule has 2 rings (SSSR count). The lowest BCUT2D eigenvalue weighted by Gasteiger charge is -2.25. The van der Waals surface area contributed by atoms with Crippen LogP contribution in [0.4, 0.5) is 0 Å². The molecule has 1 atom stereocenters. The highest BCUT2D eigenvalue weighted by Gasteiger charge is 2.36. The van der Waals surface area contributed by atoms with E-state index < -0.39 is 8.07 Å². The van der Waals surface area contributed by atoms with Crippen LogP contribution >= 0.6 is 0 Å². The Kier molecular flexibility index (Phi) is 2.87. The molecule has 0 bridgehead atoms. The molecule has 1 aromatic rings. The van der Waals surface area contributed by atoms with Gasteiger partial charge in [-0.1, -0.05) is 32.6 Å². The molecule has 1 N–H and O–H groups in total. The van der Waals surface area contributed by atoms with Crippen molar-refractivity contribution in [2.24, 2.45) is 0 Å². The molecule has 1 aliphatic rings. The van der Waals surface area contributed by atoms with Crippen LogP contribution in [0.2, 0.25) is 19.6 Å². The highest BCUT2D eigenvalue weighted by molar-refractivity contribution is 6.89. The lowest BCUT2D eigenvalue weighted by Crippen LogP contribution is -2.38. The lowest BCUT2D eigenvalue weighted by molar-refractivity contribution is -0.0259. The number of phenolic OH excluding ortho intramolecular Hbond substituents is 1. The molecule has 0 aromatic heterocycles. The van der Waals surface area contributed by atoms with Gasteiger partial charge in [0.15, 0.2) is 0 Å². The van der Waals surface area contributed by atoms with Gasteiger partial charge in [-0.2, -0.15) is 0 Å². The Bertz CT molecular complexity index is 448. The second kappa shape index (κ2) is 3.85. The summed E-state index contributed by atoms with van der Waals surface area (Å²) in [7, 11) is -1.50. The average Bonchev–Trinajstić information content (AvgIpc) is 2.54. The monoisotopic (exact) mass is 250 g/mol. The minimum atomic E-state index is -1.50. The fraction of sp³-hybridized carbons (Fsp3) is 0.571. The molecule has 1 aliphatic heterocycles. The topological polar surface area (TPSA) is 29.5 Å². The van der Waals surface area contributed by atoms with Gasteiger partial charge in [-0.15, -0.1) is 0 Å². The summed E-state index contributed by atoms with van der Waals surface area (Å²) < 4.78 is 5.89. The summed E-state index contributed by atoms with van der Waals surface area (Å²) >= 11 is 0. The van der Waals surface area contributed by atoms with Crippen LogP contribution in [0.1, 0.15) is 31.4 Å². The number of hydrogen-bond donors (Lipinski definition) is 1. The summed E-state index contributed by atoms with van der Waals surface area (Å²) in [6.07, 6.45) is 0.968. The van der Waals surface area contributed by atoms with Gasteiger partial charge in [0.25, 0.3) is 0 Å². The SMILES string of the molecule is CCC1(C)OCc2cc(O)c([Si](C)(C)C)cc21. The lowest BCUT2D eigenvalue weighted by atomic mass is 9.92. The third kappa shape index (κ3) is 2.02. The first kappa shape index (κ1) is 12.6. The summed E-state index contributed by atoms with van der Waals surface area (Å²) in [4.78, 5) is 0. The van der Waals surface area contributed by atoms with Crippen molar-refractivity contribution >= 4 is 13.3 Å². The molecular weight excluding hydrogens is 228 g/mol. The van der Waals surface area contributed by atoms with Gasteiger partial charge in [0, 0.05) is 0 Å². The molecule has 0 fully saturated rings. The van der Waals surface area contributed by atoms with E-state index in [-0.39, 0.29) is 5.60 Å². The Morgan fingerprint density at radius 2 is 2.00 bits per heavy atom. The summed E-state index contributed by atoms with van der Waals surface area (Å²) in [5, 5.41) is 11.3. The smallest absolute Gasteiger partial charge is 0.115 e. The molecular formula is C14H22O2Si. The van der Waals surface area contributed by atoms with Crippen LogP contribution in [0.5, 0.6) is 5.75 Å². The van der Waals surface area contributed by atoms with Crippen molar-refractivity contribution in [1.82, 2.24) is 0 Å². The molecule has 1 aromatic carbocycles. The van der Waals surface area contributed by atoms with Crippen molar-refractivity contribution in [1.29, 1.82) is 0 Å². The summed E-state index contributed by atoms with van der Waals surface area (Å²) in [6.45, 7) is 11.7. The Hall–Kier alpha value is -0.803. The van der Waals surface area contributed by atoms with E-state index in [0.717, 1.165) is 17.2 Å². The first-order chi connectivity index (χ1) is 7.78. The van der Waals surface area contributed by atoms with Crippen LogP contribution in [0, 0.1) is 0 Å². The van der Waals surface area contributed by atoms with E-state index in [2.05, 4.69) is 39.6 Å². The van der Waals surface area contributed by atoms with Crippen LogP contribution in [-0.2, 0) is 16.9 Å². The normalized spacial score (nSPS) is 23.8. The Balaban J connectivity index is 2.59. The van der Waals surface area contributed by atoms with E-state index >= 15 is 0 Å². The summed E-state index contributed by atoms with van der Waals surface area (Å²) in [5.74, 6) is 0.451. The molecule has 0 radical (unpaired) electrons. The second-order valence-electron chi connectivity index (χ2n) is 6.15. The van der Waals surface area contributed by atoms with E-state index in [4.69, 9.17) is 4.74 Å². The predicted molar refractivity (Wildman–Crippen MR) is 73.5 cm³/mol. The minimum Gasteiger partial charge on any atom is -0.508 e. The van der Waals surface area contributed by atoms with E-state index in [1.807, 2.05) is 6.07 Å². The molecule has 3 heteroatoms. The number of hydrogen-bond acceptors (Lipinski definition) is 2. The summed E-state index contributed by atoms with van der Waals surface area (Å²) in [6, 6.07) is 4.09. The Labute approximate surface area is 105 Å². The Morgan fingerprint density at radius 3 is 2.53 bits per heavy atom. The molecule has 1 heterocycles. The quantitative estimate of drug-likeness (QED) is 0.817. The molecule has 0 spiro atoms. The van der Waals surface area contributed by atoms with Gasteiger partial charge in [-0.25, -0.2) is 0 Å². The first-order valence-electron chi connectivity index (χ1n) is 6.29. The molecule has 0 saturated carbocycles. The number of aromatic hydroxyl groups is 1. The predicted octanol–water partition coefficient (Wildman–Crippen LogP) is 3.09. The van der Waals surface area contributed by atoms with E-state index in [1.54, 1.807) is 0 Å². The van der Waals surface area contributed by atoms with Crippen LogP contribution in [0.15, 0.2) is 12.1 Å². The third-order valence-corrected chi connectivity index (χ3v) is 5.84. The molecule has 17 heavy (non-hydrogen) atoms. The molecule has 94 valence electrons. The Morgan fingerprint density at radius 1 is 1.35 bits per heavy atom. The van der Waals surface area contributed by atoms with E-state index in [1.165, 1.54) is 5.56 Å². The maximum atomic E-state index is 10.1. The van der Waals surface area contributed by atoms with Crippen LogP contribution in [0.25, 0.3) is 0 Å². The standard InChI is InChI=1S/C14H22O2Si/c1-6-14(2)11-8-13(17(3,4)5)12(15)7-10(11)9-16-14/h7-8,15H,6,9H2,1-5H3. The molecule has 1 unspecified atom stereocenters. The fourth-order valence-corrected chi connectivity index (χ4v) is 3.87. The molecule has 0 amide bonds. The maximum Gasteiger partial charge on any atom is 0.115 e. The number of phenols is 1. The zero-order valence-corrected chi connectivity index (χ0v) is 12.4. The summed E-state index contributed by atoms with van der Waals surface area (Å²) in [5.41, 5.74) is 2.25. The van der Waals surface area contributed by atoms with Crippen molar-refractivity contribution in [2.45, 2.75) is 52.1 Å². The fourth-order valence-electron chi connectivity index (χ4n) is 2.45. The van der Waals surface area contributed by atoms with E-state index in [9.17, 15) is 5.11 Å². The zero-order chi connectivity index (χ0) is 12.8. The van der Waals surface area contributed by atoms with Crippen LogP contribution in [0.3, 0.4) is 0 Å². The second-order valence-corrected chi connectivity index (χ2v) is 11.2. The minimum absolute atomic E-state index is 0.169. The van der Waals surface area contributed by atoms with Crippen molar-refractivity contribution in [3.05, 3.63) is 23.3 Å². The van der Waals surface area contributed by atoms with Crippen molar-refractivity contribution in [2.75, 3.05) is 0 Å². The van der Waals surface area contributed by atoms with Gasteiger partial charge < -0.3 is 9.84 Å². The van der Waals surface area contributed by atoms with Crippen molar-refractivity contribution < 1.29 is 9.84 Å². The molecule has 0 aliphatic carbocycles. The number of rotatable bonds is 2. The van der Waals surface area contributed by atoms with Gasteiger partial charge >= 0.3 is 0 Å². The highest BCUT2D eigenvalue weighted by atomic mass is 28.3. The van der Waals surface area contributed by atoms with Gasteiger partial charge in [0.05, 0.1) is 20.3 Å². The first-order valence-corrected chi connectivity index (χ1v) is 9.79. The van der Waals surface area contributed by atoms with Gasteiger partial charge in [0.1, 0.15) is 5.75 Å². The number of fused-ring (bicyclic) bond motifs is 1. The number of ether oxygens (including phenoxy) is 1. The molecule has 2 nitrogen and oxygen atoms in total. The van der Waals surface area contributed by atoms with E-state index in [0.29, 0.717) is 12.4 Å². The number of benzene rings is 1.